The number of amides is 3. The van der Waals surface area contributed by atoms with Gasteiger partial charge in [-0.3, -0.25) is 19.1 Å². The molecular formula is C46H52F4N6O8S2. The predicted molar refractivity (Wildman–Crippen MR) is 239 cm³/mol. The lowest BCUT2D eigenvalue weighted by molar-refractivity contribution is -0.274. The van der Waals surface area contributed by atoms with Gasteiger partial charge in [0, 0.05) is 52.6 Å². The highest BCUT2D eigenvalue weighted by atomic mass is 32.2. The standard InChI is InChI=1S/C46H52F4N6O8S2/c1-25(2)35-24-65-41(53-35)34-21-38(32-13-14-37(62-5)26(3)39(32)52-34)63-31-20-36-40(57)54-45(43(59)55-66(60,61)44(4)15-16-44)22-27(45)11-9-7-6-8-10-12-33(42(58)56(36)23-31)51-29-17-28(47)18-30(19-29)64-46(48,49)50/h9,11,13-14,17-19,21,24-25,27,31,33,36,51H,6-8,10,12,15-16,20,22-23H2,1-5H3,(H,54,57)(H,55,59)/t27-,31-,33+,36+,45-/m1/s1. The van der Waals surface area contributed by atoms with Gasteiger partial charge in [0.15, 0.2) is 0 Å². The molecule has 2 aliphatic heterocycles. The number of nitrogens with one attached hydrogen (secondary N) is 3. The number of halogens is 4. The van der Waals surface area contributed by atoms with E-state index in [1.807, 2.05) is 32.2 Å². The molecule has 0 unspecified atom stereocenters. The first-order valence-electron chi connectivity index (χ1n) is 22.0. The Morgan fingerprint density at radius 2 is 1.83 bits per heavy atom. The maximum Gasteiger partial charge on any atom is 0.573 e. The number of rotatable bonds is 11. The minimum Gasteiger partial charge on any atom is -0.496 e. The van der Waals surface area contributed by atoms with Crippen molar-refractivity contribution in [3.63, 3.8) is 0 Å². The molecule has 4 aromatic rings. The Morgan fingerprint density at radius 1 is 1.06 bits per heavy atom. The molecule has 0 bridgehead atoms. The van der Waals surface area contributed by atoms with E-state index < -0.39 is 80.1 Å². The van der Waals surface area contributed by atoms with Crippen LogP contribution in [0.5, 0.6) is 17.2 Å². The highest BCUT2D eigenvalue weighted by Gasteiger charge is 2.63. The number of fused-ring (bicyclic) bond motifs is 3. The second-order valence-electron chi connectivity index (χ2n) is 18.2. The van der Waals surface area contributed by atoms with Crippen molar-refractivity contribution in [1.82, 2.24) is 24.9 Å². The van der Waals surface area contributed by atoms with Crippen LogP contribution in [-0.4, -0.2) is 89.5 Å². The summed E-state index contributed by atoms with van der Waals surface area (Å²) in [7, 11) is -2.53. The number of anilines is 1. The van der Waals surface area contributed by atoms with Crippen LogP contribution in [-0.2, 0) is 24.4 Å². The number of hydrogen-bond donors (Lipinski definition) is 3. The SMILES string of the molecule is COc1ccc2c(O[C@@H]3C[C@H]4C(=O)N[C@]5(C(=O)NS(=O)(=O)C6(C)CC6)C[C@H]5C=CCCCCC[C@H](Nc5cc(F)cc(OC(F)(F)F)c5)C(=O)N4C3)cc(-c3nc(C(C)C)cs3)nc2c1C. The zero-order chi connectivity index (χ0) is 47.3. The molecule has 2 aliphatic carbocycles. The number of alkyl halides is 3. The maximum atomic E-state index is 15.0. The average Bonchev–Trinajstić information content (AvgIpc) is 4.01. The number of ether oxygens (including phenoxy) is 3. The fourth-order valence-corrected chi connectivity index (χ4v) is 10.9. The van der Waals surface area contributed by atoms with E-state index >= 15 is 0 Å². The van der Waals surface area contributed by atoms with E-state index in [1.54, 1.807) is 38.3 Å². The number of aryl methyl sites for hydroxylation is 1. The molecule has 8 rings (SSSR count). The van der Waals surface area contributed by atoms with Crippen molar-refractivity contribution in [2.45, 2.75) is 126 Å². The molecule has 3 amide bonds. The number of methoxy groups -OCH3 is 1. The fraction of sp³-hybridized carbons (Fsp3) is 0.500. The number of benzene rings is 2. The Kier molecular flexibility index (Phi) is 12.8. The monoisotopic (exact) mass is 956 g/mol. The van der Waals surface area contributed by atoms with Crippen LogP contribution >= 0.6 is 11.3 Å². The third-order valence-corrected chi connectivity index (χ3v) is 16.0. The number of aromatic nitrogens is 2. The summed E-state index contributed by atoms with van der Waals surface area (Å²) in [6.07, 6.45) is 1.03. The van der Waals surface area contributed by atoms with Crippen LogP contribution in [0, 0.1) is 18.7 Å². The molecule has 3 N–H and O–H groups in total. The van der Waals surface area contributed by atoms with Gasteiger partial charge in [-0.1, -0.05) is 38.8 Å². The van der Waals surface area contributed by atoms with Gasteiger partial charge in [-0.15, -0.1) is 24.5 Å². The highest BCUT2D eigenvalue weighted by molar-refractivity contribution is 7.91. The van der Waals surface area contributed by atoms with Crippen LogP contribution in [0.3, 0.4) is 0 Å². The Hall–Kier alpha value is -5.50. The van der Waals surface area contributed by atoms with Crippen LogP contribution in [0.4, 0.5) is 23.2 Å². The number of carbonyl (C=O) groups excluding carboxylic acids is 3. The molecule has 4 heterocycles. The normalized spacial score (nSPS) is 24.4. The average molecular weight is 957 g/mol. The lowest BCUT2D eigenvalue weighted by atomic mass is 10.0. The zero-order valence-electron chi connectivity index (χ0n) is 37.1. The van der Waals surface area contributed by atoms with E-state index in [0.29, 0.717) is 77.7 Å². The summed E-state index contributed by atoms with van der Waals surface area (Å²) in [6, 6.07) is 5.35. The molecule has 4 aliphatic rings. The van der Waals surface area contributed by atoms with Gasteiger partial charge in [0.05, 0.1) is 29.6 Å². The number of pyridine rings is 1. The maximum absolute atomic E-state index is 15.0. The van der Waals surface area contributed by atoms with E-state index in [9.17, 15) is 40.4 Å². The van der Waals surface area contributed by atoms with Crippen LogP contribution in [0.2, 0.25) is 0 Å². The summed E-state index contributed by atoms with van der Waals surface area (Å²) >= 11 is 1.42. The van der Waals surface area contributed by atoms with Crippen LogP contribution in [0.25, 0.3) is 21.6 Å². The molecule has 2 aromatic heterocycles. The molecule has 14 nitrogen and oxygen atoms in total. The third-order valence-electron chi connectivity index (χ3n) is 12.9. The van der Waals surface area contributed by atoms with E-state index in [0.717, 1.165) is 23.4 Å². The number of sulfonamides is 1. The number of hydrogen-bond acceptors (Lipinski definition) is 12. The summed E-state index contributed by atoms with van der Waals surface area (Å²) in [5.74, 6) is -3.51. The quantitative estimate of drug-likeness (QED) is 0.0979. The molecule has 3 fully saturated rings. The van der Waals surface area contributed by atoms with Gasteiger partial charge in [0.1, 0.15) is 57.5 Å². The topological polar surface area (TPSA) is 178 Å². The first kappa shape index (κ1) is 47.0. The Balaban J connectivity index is 1.16. The van der Waals surface area contributed by atoms with E-state index in [4.69, 9.17) is 19.4 Å². The molecular weight excluding hydrogens is 905 g/mol. The van der Waals surface area contributed by atoms with E-state index in [-0.39, 0.29) is 37.4 Å². The van der Waals surface area contributed by atoms with Crippen molar-refractivity contribution in [2.75, 3.05) is 19.0 Å². The van der Waals surface area contributed by atoms with Crippen LogP contribution in [0.15, 0.2) is 53.9 Å². The minimum atomic E-state index is -5.11. The van der Waals surface area contributed by atoms with Crippen LogP contribution in [0.1, 0.15) is 95.7 Å². The second-order valence-corrected chi connectivity index (χ2v) is 21.2. The molecule has 0 radical (unpaired) electrons. The Bertz CT molecular complexity index is 2690. The Morgan fingerprint density at radius 3 is 2.53 bits per heavy atom. The van der Waals surface area contributed by atoms with Gasteiger partial charge in [0.2, 0.25) is 21.8 Å². The summed E-state index contributed by atoms with van der Waals surface area (Å²) in [4.78, 5) is 54.9. The molecule has 2 saturated carbocycles. The minimum absolute atomic E-state index is 0.0779. The summed E-state index contributed by atoms with van der Waals surface area (Å²) < 4.78 is 98.6. The van der Waals surface area contributed by atoms with E-state index in [2.05, 4.69) is 20.1 Å². The first-order chi connectivity index (χ1) is 31.2. The molecule has 1 saturated heterocycles. The van der Waals surface area contributed by atoms with Crippen molar-refractivity contribution in [1.29, 1.82) is 0 Å². The summed E-state index contributed by atoms with van der Waals surface area (Å²) in [5, 5.41) is 9.01. The lowest BCUT2D eigenvalue weighted by Crippen LogP contribution is -2.58. The Labute approximate surface area is 383 Å². The molecule has 2 aromatic carbocycles. The van der Waals surface area contributed by atoms with Crippen molar-refractivity contribution in [2.24, 2.45) is 5.92 Å². The zero-order valence-corrected chi connectivity index (χ0v) is 38.7. The smallest absolute Gasteiger partial charge is 0.496 e. The van der Waals surface area contributed by atoms with Crippen molar-refractivity contribution in [3.8, 4) is 28.0 Å². The first-order valence-corrected chi connectivity index (χ1v) is 24.3. The number of thiazole rings is 1. The summed E-state index contributed by atoms with van der Waals surface area (Å²) in [6.45, 7) is 7.33. The molecule has 66 heavy (non-hydrogen) atoms. The molecule has 20 heteroatoms. The molecule has 354 valence electrons. The van der Waals surface area contributed by atoms with Crippen molar-refractivity contribution < 1.29 is 54.6 Å². The summed E-state index contributed by atoms with van der Waals surface area (Å²) in [5.41, 5.74) is 0.929. The van der Waals surface area contributed by atoms with Gasteiger partial charge >= 0.3 is 6.36 Å². The lowest BCUT2D eigenvalue weighted by Gasteiger charge is -2.30. The second kappa shape index (κ2) is 18.0. The molecule has 5 atom stereocenters. The van der Waals surface area contributed by atoms with Gasteiger partial charge in [-0.05, 0) is 76.5 Å². The number of nitrogens with zero attached hydrogens (tertiary/aromatic N) is 3. The van der Waals surface area contributed by atoms with E-state index in [1.165, 1.54) is 16.2 Å². The van der Waals surface area contributed by atoms with Crippen LogP contribution < -0.4 is 29.6 Å². The van der Waals surface area contributed by atoms with Gasteiger partial charge < -0.3 is 29.7 Å². The van der Waals surface area contributed by atoms with Crippen molar-refractivity contribution in [3.05, 3.63) is 71.0 Å². The third kappa shape index (κ3) is 9.80. The van der Waals surface area contributed by atoms with Gasteiger partial charge in [-0.25, -0.2) is 22.8 Å². The fourth-order valence-electron chi connectivity index (χ4n) is 8.64. The van der Waals surface area contributed by atoms with Crippen molar-refractivity contribution >= 4 is 55.7 Å². The van der Waals surface area contributed by atoms with Gasteiger partial charge in [0.25, 0.3) is 5.91 Å². The largest absolute Gasteiger partial charge is 0.573 e. The van der Waals surface area contributed by atoms with Gasteiger partial charge in [-0.2, -0.15) is 0 Å². The number of allylic oxidation sites excluding steroid dienone is 1. The number of carbonyl (C=O) groups is 3. The highest BCUT2D eigenvalue weighted by Crippen LogP contribution is 2.48. The predicted octanol–water partition coefficient (Wildman–Crippen LogP) is 8.06. The molecule has 0 spiro atoms.